The van der Waals surface area contributed by atoms with Crippen molar-refractivity contribution in [3.63, 3.8) is 0 Å². The van der Waals surface area contributed by atoms with Crippen LogP contribution in [0.3, 0.4) is 0 Å². The third kappa shape index (κ3) is 3.33. The third-order valence-electron chi connectivity index (χ3n) is 4.54. The zero-order chi connectivity index (χ0) is 19.8. The number of non-ortho nitro benzene ring substituents is 1. The number of nitro benzene ring substituents is 1. The number of nitro groups is 1. The molecule has 0 fully saturated rings. The van der Waals surface area contributed by atoms with Crippen LogP contribution in [0.5, 0.6) is 0 Å². The maximum atomic E-state index is 13.2. The minimum Gasteiger partial charge on any atom is -0.374 e. The van der Waals surface area contributed by atoms with E-state index in [1.807, 2.05) is 0 Å². The summed E-state index contributed by atoms with van der Waals surface area (Å²) in [7, 11) is 0. The van der Waals surface area contributed by atoms with Crippen LogP contribution in [-0.4, -0.2) is 28.3 Å². The molecule has 0 unspecified atom stereocenters. The van der Waals surface area contributed by atoms with Crippen molar-refractivity contribution in [1.29, 1.82) is 0 Å². The van der Waals surface area contributed by atoms with Crippen LogP contribution in [0.1, 0.15) is 20.8 Å². The van der Waals surface area contributed by atoms with Gasteiger partial charge in [0, 0.05) is 17.8 Å². The van der Waals surface area contributed by atoms with Crippen LogP contribution in [0, 0.1) is 10.1 Å². The quantitative estimate of drug-likeness (QED) is 0.637. The number of nitrogens with zero attached hydrogens (tertiary/aromatic N) is 2. The van der Waals surface area contributed by atoms with Gasteiger partial charge in [0.2, 0.25) is 11.8 Å². The molecule has 0 saturated heterocycles. The Morgan fingerprint density at radius 3 is 2.63 bits per heavy atom. The molecule has 2 N–H and O–H groups in total. The van der Waals surface area contributed by atoms with Crippen molar-refractivity contribution in [2.45, 2.75) is 32.4 Å². The van der Waals surface area contributed by atoms with Crippen molar-refractivity contribution in [2.75, 3.05) is 15.5 Å². The maximum Gasteiger partial charge on any atom is 0.271 e. The molecule has 1 aliphatic rings. The molecular formula is C19H20N4O4. The Labute approximate surface area is 156 Å². The average molecular weight is 368 g/mol. The van der Waals surface area contributed by atoms with E-state index in [1.54, 1.807) is 57.2 Å². The summed E-state index contributed by atoms with van der Waals surface area (Å²) in [5.41, 5.74) is 0.488. The summed E-state index contributed by atoms with van der Waals surface area (Å²) in [6.07, 6.45) is 0. The minimum atomic E-state index is -1.08. The fourth-order valence-electron chi connectivity index (χ4n) is 3.06. The molecule has 2 aromatic carbocycles. The van der Waals surface area contributed by atoms with Crippen molar-refractivity contribution in [3.05, 3.63) is 58.6 Å². The van der Waals surface area contributed by atoms with Gasteiger partial charge in [-0.3, -0.25) is 24.6 Å². The van der Waals surface area contributed by atoms with Crippen molar-refractivity contribution >= 4 is 34.6 Å². The largest absolute Gasteiger partial charge is 0.374 e. The summed E-state index contributed by atoms with van der Waals surface area (Å²) in [6.45, 7) is 5.01. The van der Waals surface area contributed by atoms with Gasteiger partial charge < -0.3 is 10.6 Å². The first-order chi connectivity index (χ1) is 12.7. The number of para-hydroxylation sites is 2. The fourth-order valence-corrected chi connectivity index (χ4v) is 3.06. The van der Waals surface area contributed by atoms with Crippen LogP contribution in [-0.2, 0) is 9.59 Å². The summed E-state index contributed by atoms with van der Waals surface area (Å²) in [5.74, 6) is -0.592. The lowest BCUT2D eigenvalue weighted by molar-refractivity contribution is -0.384. The number of amides is 2. The topological polar surface area (TPSA) is 105 Å². The molecule has 2 aromatic rings. The molecule has 1 heterocycles. The van der Waals surface area contributed by atoms with Crippen molar-refractivity contribution in [1.82, 2.24) is 0 Å². The van der Waals surface area contributed by atoms with Crippen molar-refractivity contribution < 1.29 is 14.5 Å². The number of fused-ring (bicyclic) bond motifs is 1. The standard InChI is InChI=1S/C19H20N4O4/c1-12(20-13-7-6-8-14(11-13)23(26)27)17(24)22-16-10-5-4-9-15(16)21-18(25)19(22,2)3/h4-12,20H,1-3H3,(H,21,25)/t12-/m1/s1. The number of hydrogen-bond donors (Lipinski definition) is 2. The Hall–Kier alpha value is -3.42. The molecule has 0 aliphatic carbocycles. The highest BCUT2D eigenvalue weighted by atomic mass is 16.6. The van der Waals surface area contributed by atoms with Crippen LogP contribution in [0.15, 0.2) is 48.5 Å². The summed E-state index contributed by atoms with van der Waals surface area (Å²) in [5, 5.41) is 16.7. The zero-order valence-corrected chi connectivity index (χ0v) is 15.2. The van der Waals surface area contributed by atoms with Gasteiger partial charge in [-0.2, -0.15) is 0 Å². The van der Waals surface area contributed by atoms with Gasteiger partial charge in [0.15, 0.2) is 0 Å². The second-order valence-electron chi connectivity index (χ2n) is 6.88. The monoisotopic (exact) mass is 368 g/mol. The molecule has 27 heavy (non-hydrogen) atoms. The molecule has 0 saturated carbocycles. The Bertz CT molecular complexity index is 925. The Balaban J connectivity index is 1.91. The van der Waals surface area contributed by atoms with Gasteiger partial charge in [0.25, 0.3) is 5.69 Å². The van der Waals surface area contributed by atoms with E-state index in [1.165, 1.54) is 17.0 Å². The molecule has 8 nitrogen and oxygen atoms in total. The van der Waals surface area contributed by atoms with Crippen LogP contribution in [0.4, 0.5) is 22.7 Å². The number of carbonyl (C=O) groups is 2. The number of anilines is 3. The second kappa shape index (κ2) is 6.71. The molecule has 3 rings (SSSR count). The van der Waals surface area contributed by atoms with Gasteiger partial charge in [-0.1, -0.05) is 18.2 Å². The summed E-state index contributed by atoms with van der Waals surface area (Å²) in [6, 6.07) is 12.3. The number of hydrogen-bond acceptors (Lipinski definition) is 5. The highest BCUT2D eigenvalue weighted by Crippen LogP contribution is 2.37. The predicted molar refractivity (Wildman–Crippen MR) is 103 cm³/mol. The first-order valence-corrected chi connectivity index (χ1v) is 8.47. The van der Waals surface area contributed by atoms with E-state index in [-0.39, 0.29) is 17.5 Å². The van der Waals surface area contributed by atoms with Gasteiger partial charge in [0.1, 0.15) is 11.6 Å². The van der Waals surface area contributed by atoms with E-state index in [0.717, 1.165) is 0 Å². The van der Waals surface area contributed by atoms with E-state index >= 15 is 0 Å². The normalized spacial score (nSPS) is 16.1. The van der Waals surface area contributed by atoms with Crippen molar-refractivity contribution in [3.8, 4) is 0 Å². The lowest BCUT2D eigenvalue weighted by Gasteiger charge is -2.43. The third-order valence-corrected chi connectivity index (χ3v) is 4.54. The van der Waals surface area contributed by atoms with Gasteiger partial charge in [-0.15, -0.1) is 0 Å². The molecule has 0 bridgehead atoms. The number of nitrogens with one attached hydrogen (secondary N) is 2. The molecule has 0 spiro atoms. The van der Waals surface area contributed by atoms with E-state index in [2.05, 4.69) is 10.6 Å². The molecular weight excluding hydrogens is 348 g/mol. The molecule has 0 aromatic heterocycles. The number of carbonyl (C=O) groups excluding carboxylic acids is 2. The lowest BCUT2D eigenvalue weighted by Crippen LogP contribution is -2.61. The predicted octanol–water partition coefficient (Wildman–Crippen LogP) is 3.16. The molecule has 1 atom stereocenters. The maximum absolute atomic E-state index is 13.2. The highest BCUT2D eigenvalue weighted by Gasteiger charge is 2.44. The van der Waals surface area contributed by atoms with Crippen molar-refractivity contribution in [2.24, 2.45) is 0 Å². The molecule has 0 radical (unpaired) electrons. The van der Waals surface area contributed by atoms with Gasteiger partial charge in [0.05, 0.1) is 16.3 Å². The van der Waals surface area contributed by atoms with Gasteiger partial charge in [-0.25, -0.2) is 0 Å². The summed E-state index contributed by atoms with van der Waals surface area (Å²) in [4.78, 5) is 37.6. The van der Waals surface area contributed by atoms with Crippen LogP contribution in [0.25, 0.3) is 0 Å². The molecule has 8 heteroatoms. The fraction of sp³-hybridized carbons (Fsp3) is 0.263. The Morgan fingerprint density at radius 1 is 1.22 bits per heavy atom. The minimum absolute atomic E-state index is 0.0670. The van der Waals surface area contributed by atoms with E-state index in [0.29, 0.717) is 17.1 Å². The Kier molecular flexibility index (Phi) is 4.57. The van der Waals surface area contributed by atoms with Crippen LogP contribution < -0.4 is 15.5 Å². The summed E-state index contributed by atoms with van der Waals surface area (Å²) >= 11 is 0. The molecule has 2 amide bonds. The summed E-state index contributed by atoms with van der Waals surface area (Å²) < 4.78 is 0. The van der Waals surface area contributed by atoms with E-state index < -0.39 is 16.5 Å². The van der Waals surface area contributed by atoms with Crippen LogP contribution >= 0.6 is 0 Å². The number of rotatable bonds is 4. The van der Waals surface area contributed by atoms with Gasteiger partial charge >= 0.3 is 0 Å². The smallest absolute Gasteiger partial charge is 0.271 e. The first-order valence-electron chi connectivity index (χ1n) is 8.47. The van der Waals surface area contributed by atoms with E-state index in [9.17, 15) is 19.7 Å². The molecule has 140 valence electrons. The van der Waals surface area contributed by atoms with E-state index in [4.69, 9.17) is 0 Å². The molecule has 1 aliphatic heterocycles. The average Bonchev–Trinajstić information content (AvgIpc) is 2.62. The first kappa shape index (κ1) is 18.4. The van der Waals surface area contributed by atoms with Gasteiger partial charge in [-0.05, 0) is 39.0 Å². The second-order valence-corrected chi connectivity index (χ2v) is 6.88. The SMILES string of the molecule is C[C@@H](Nc1cccc([N+](=O)[O-])c1)C(=O)N1c2ccccc2NC(=O)C1(C)C. The Morgan fingerprint density at radius 2 is 1.93 bits per heavy atom. The zero-order valence-electron chi connectivity index (χ0n) is 15.2. The lowest BCUT2D eigenvalue weighted by atomic mass is 9.95. The van der Waals surface area contributed by atoms with Crippen LogP contribution in [0.2, 0.25) is 0 Å². The highest BCUT2D eigenvalue weighted by molar-refractivity contribution is 6.15. The number of benzene rings is 2.